The molecule has 7 heteroatoms. The van der Waals surface area contributed by atoms with Crippen LogP contribution in [-0.2, 0) is 22.7 Å². The molecule has 1 aromatic carbocycles. The number of benzene rings is 1. The number of rotatable bonds is 5. The third-order valence-corrected chi connectivity index (χ3v) is 4.98. The van der Waals surface area contributed by atoms with E-state index in [1.807, 2.05) is 23.1 Å². The predicted octanol–water partition coefficient (Wildman–Crippen LogP) is 1.51. The summed E-state index contributed by atoms with van der Waals surface area (Å²) in [4.78, 5) is 25.6. The zero-order chi connectivity index (χ0) is 15.4. The first-order chi connectivity index (χ1) is 10.7. The second-order valence-corrected chi connectivity index (χ2v) is 6.76. The summed E-state index contributed by atoms with van der Waals surface area (Å²) < 4.78 is 0. The molecular weight excluding hydrogens is 334 g/mol. The van der Waals surface area contributed by atoms with Crippen molar-refractivity contribution in [3.63, 3.8) is 0 Å². The van der Waals surface area contributed by atoms with Crippen LogP contribution in [0, 0.1) is 0 Å². The van der Waals surface area contributed by atoms with E-state index in [-0.39, 0.29) is 30.3 Å². The first-order valence-corrected chi connectivity index (χ1v) is 8.82. The van der Waals surface area contributed by atoms with Crippen LogP contribution in [0.1, 0.15) is 24.0 Å². The standard InChI is InChI=1S/C16H21N3O2S.ClH/c20-15-5-2-6-19(15)9-13-4-1-3-12(7-13)8-17-16(21)14-10-22-11-18-14;/h1,3-4,7,14,18H,2,5-6,8-11H2,(H,17,21);1H. The van der Waals surface area contributed by atoms with Gasteiger partial charge in [-0.1, -0.05) is 24.3 Å². The van der Waals surface area contributed by atoms with Gasteiger partial charge in [-0.3, -0.25) is 14.9 Å². The van der Waals surface area contributed by atoms with Crippen molar-refractivity contribution in [2.75, 3.05) is 18.2 Å². The van der Waals surface area contributed by atoms with Crippen molar-refractivity contribution in [1.82, 2.24) is 15.5 Å². The van der Waals surface area contributed by atoms with E-state index in [0.717, 1.165) is 35.7 Å². The molecule has 0 aliphatic carbocycles. The molecule has 1 unspecified atom stereocenters. The third kappa shape index (κ3) is 4.86. The lowest BCUT2D eigenvalue weighted by Crippen LogP contribution is -2.41. The minimum Gasteiger partial charge on any atom is -0.351 e. The molecule has 2 fully saturated rings. The molecule has 2 saturated heterocycles. The smallest absolute Gasteiger partial charge is 0.238 e. The second kappa shape index (κ2) is 8.57. The van der Waals surface area contributed by atoms with E-state index >= 15 is 0 Å². The van der Waals surface area contributed by atoms with E-state index in [9.17, 15) is 9.59 Å². The zero-order valence-corrected chi connectivity index (χ0v) is 14.5. The average Bonchev–Trinajstić information content (AvgIpc) is 3.18. The third-order valence-electron chi connectivity index (χ3n) is 4.04. The van der Waals surface area contributed by atoms with Crippen molar-refractivity contribution < 1.29 is 9.59 Å². The van der Waals surface area contributed by atoms with Crippen LogP contribution in [0.15, 0.2) is 24.3 Å². The molecule has 23 heavy (non-hydrogen) atoms. The van der Waals surface area contributed by atoms with E-state index in [2.05, 4.69) is 16.7 Å². The highest BCUT2D eigenvalue weighted by Crippen LogP contribution is 2.15. The van der Waals surface area contributed by atoms with Crippen LogP contribution in [0.3, 0.4) is 0 Å². The Kier molecular flexibility index (Phi) is 6.74. The first-order valence-electron chi connectivity index (χ1n) is 7.67. The number of amides is 2. The molecule has 0 bridgehead atoms. The number of nitrogens with one attached hydrogen (secondary N) is 2. The van der Waals surface area contributed by atoms with Crippen LogP contribution in [0.25, 0.3) is 0 Å². The largest absolute Gasteiger partial charge is 0.351 e. The Morgan fingerprint density at radius 3 is 2.91 bits per heavy atom. The molecule has 5 nitrogen and oxygen atoms in total. The summed E-state index contributed by atoms with van der Waals surface area (Å²) in [5, 5.41) is 6.14. The van der Waals surface area contributed by atoms with Crippen molar-refractivity contribution in [3.8, 4) is 0 Å². The minimum atomic E-state index is -0.0737. The van der Waals surface area contributed by atoms with Crippen molar-refractivity contribution in [1.29, 1.82) is 0 Å². The summed E-state index contributed by atoms with van der Waals surface area (Å²) in [6, 6.07) is 8.03. The van der Waals surface area contributed by atoms with Crippen molar-refractivity contribution >= 4 is 36.0 Å². The molecule has 1 atom stereocenters. The van der Waals surface area contributed by atoms with Crippen LogP contribution in [0.5, 0.6) is 0 Å². The number of hydrogen-bond acceptors (Lipinski definition) is 4. The lowest BCUT2D eigenvalue weighted by Gasteiger charge is -2.16. The van der Waals surface area contributed by atoms with Gasteiger partial charge in [0.05, 0.1) is 6.04 Å². The molecule has 0 aromatic heterocycles. The van der Waals surface area contributed by atoms with E-state index in [1.165, 1.54) is 0 Å². The van der Waals surface area contributed by atoms with Gasteiger partial charge in [0.25, 0.3) is 0 Å². The molecular formula is C16H22ClN3O2S. The van der Waals surface area contributed by atoms with Gasteiger partial charge in [0.15, 0.2) is 0 Å². The first kappa shape index (κ1) is 18.1. The summed E-state index contributed by atoms with van der Waals surface area (Å²) >= 11 is 1.74. The minimum absolute atomic E-state index is 0. The average molecular weight is 356 g/mol. The molecule has 1 aromatic rings. The maximum atomic E-state index is 12.0. The summed E-state index contributed by atoms with van der Waals surface area (Å²) in [6.07, 6.45) is 1.63. The van der Waals surface area contributed by atoms with Crippen LogP contribution in [0.2, 0.25) is 0 Å². The Balaban J connectivity index is 0.00000192. The van der Waals surface area contributed by atoms with E-state index in [1.54, 1.807) is 11.8 Å². The quantitative estimate of drug-likeness (QED) is 0.840. The summed E-state index contributed by atoms with van der Waals surface area (Å²) in [6.45, 7) is 2.05. The molecule has 0 saturated carbocycles. The number of likely N-dealkylation sites (tertiary alicyclic amines) is 1. The van der Waals surface area contributed by atoms with E-state index < -0.39 is 0 Å². The van der Waals surface area contributed by atoms with Crippen molar-refractivity contribution in [3.05, 3.63) is 35.4 Å². The Morgan fingerprint density at radius 2 is 2.22 bits per heavy atom. The fourth-order valence-corrected chi connectivity index (χ4v) is 3.75. The van der Waals surface area contributed by atoms with Gasteiger partial charge < -0.3 is 10.2 Å². The van der Waals surface area contributed by atoms with Crippen LogP contribution in [-0.4, -0.2) is 40.9 Å². The van der Waals surface area contributed by atoms with Crippen LogP contribution >= 0.6 is 24.2 Å². The zero-order valence-electron chi connectivity index (χ0n) is 12.9. The number of thioether (sulfide) groups is 1. The Morgan fingerprint density at radius 1 is 1.39 bits per heavy atom. The molecule has 126 valence electrons. The van der Waals surface area contributed by atoms with Gasteiger partial charge in [-0.05, 0) is 17.5 Å². The van der Waals surface area contributed by atoms with Gasteiger partial charge in [-0.25, -0.2) is 0 Å². The van der Waals surface area contributed by atoms with Crippen molar-refractivity contribution in [2.45, 2.75) is 32.0 Å². The van der Waals surface area contributed by atoms with Crippen LogP contribution in [0.4, 0.5) is 0 Å². The highest BCUT2D eigenvalue weighted by atomic mass is 35.5. The molecule has 2 aliphatic rings. The van der Waals surface area contributed by atoms with Gasteiger partial charge >= 0.3 is 0 Å². The summed E-state index contributed by atoms with van der Waals surface area (Å²) in [5.74, 6) is 1.98. The molecule has 2 N–H and O–H groups in total. The monoisotopic (exact) mass is 355 g/mol. The Labute approximate surface area is 147 Å². The lowest BCUT2D eigenvalue weighted by molar-refractivity contribution is -0.128. The number of hydrogen-bond donors (Lipinski definition) is 2. The predicted molar refractivity (Wildman–Crippen MR) is 94.4 cm³/mol. The Bertz CT molecular complexity index is 564. The Hall–Kier alpha value is -1.24. The summed E-state index contributed by atoms with van der Waals surface area (Å²) in [7, 11) is 0. The topological polar surface area (TPSA) is 61.4 Å². The van der Waals surface area contributed by atoms with Crippen molar-refractivity contribution in [2.24, 2.45) is 0 Å². The molecule has 0 spiro atoms. The SMILES string of the molecule is Cl.O=C(NCc1cccc(CN2CCCC2=O)c1)C1CSCN1. The number of carbonyl (C=O) groups excluding carboxylic acids is 2. The maximum absolute atomic E-state index is 12.0. The fourth-order valence-electron chi connectivity index (χ4n) is 2.81. The molecule has 2 heterocycles. The molecule has 3 rings (SSSR count). The van der Waals surface area contributed by atoms with E-state index in [0.29, 0.717) is 19.5 Å². The van der Waals surface area contributed by atoms with Gasteiger partial charge in [-0.15, -0.1) is 24.2 Å². The van der Waals surface area contributed by atoms with Gasteiger partial charge in [0, 0.05) is 37.7 Å². The molecule has 0 radical (unpaired) electrons. The highest BCUT2D eigenvalue weighted by molar-refractivity contribution is 7.99. The molecule has 2 amide bonds. The van der Waals surface area contributed by atoms with Gasteiger partial charge in [0.2, 0.25) is 11.8 Å². The lowest BCUT2D eigenvalue weighted by atomic mass is 10.1. The van der Waals surface area contributed by atoms with Crippen LogP contribution < -0.4 is 10.6 Å². The molecule has 2 aliphatic heterocycles. The maximum Gasteiger partial charge on any atom is 0.238 e. The van der Waals surface area contributed by atoms with Gasteiger partial charge in [0.1, 0.15) is 0 Å². The fraction of sp³-hybridized carbons (Fsp3) is 0.500. The number of carbonyl (C=O) groups is 2. The number of halogens is 1. The summed E-state index contributed by atoms with van der Waals surface area (Å²) in [5.41, 5.74) is 2.19. The van der Waals surface area contributed by atoms with Gasteiger partial charge in [-0.2, -0.15) is 0 Å². The normalized spacial score (nSPS) is 20.4. The number of nitrogens with zero attached hydrogens (tertiary/aromatic N) is 1. The second-order valence-electron chi connectivity index (χ2n) is 5.73. The highest BCUT2D eigenvalue weighted by Gasteiger charge is 2.22. The van der Waals surface area contributed by atoms with E-state index in [4.69, 9.17) is 0 Å².